The molecule has 0 spiro atoms. The molecule has 0 aliphatic carbocycles. The van der Waals surface area contributed by atoms with Gasteiger partial charge in [-0.05, 0) is 42.0 Å². The third-order valence-electron chi connectivity index (χ3n) is 4.46. The number of hydroxylamine groups is 1. The minimum Gasteiger partial charge on any atom is -0.494 e. The third kappa shape index (κ3) is 5.35. The van der Waals surface area contributed by atoms with Crippen LogP contribution in [0, 0.1) is 0 Å². The van der Waals surface area contributed by atoms with Crippen molar-refractivity contribution < 1.29 is 24.2 Å². The largest absolute Gasteiger partial charge is 0.494 e. The zero-order valence-corrected chi connectivity index (χ0v) is 17.6. The Morgan fingerprint density at radius 1 is 1.24 bits per heavy atom. The second kappa shape index (κ2) is 9.87. The first-order valence-corrected chi connectivity index (χ1v) is 10.0. The molecule has 7 nitrogen and oxygen atoms in total. The number of hydrogen-bond donors (Lipinski definition) is 2. The number of ether oxygens (including phenoxy) is 2. The molecule has 0 bridgehead atoms. The molecule has 2 aromatic rings. The maximum atomic E-state index is 12.7. The molecule has 0 saturated carbocycles. The Morgan fingerprint density at radius 3 is 2.62 bits per heavy atom. The Hall–Kier alpha value is -2.42. The van der Waals surface area contributed by atoms with Crippen LogP contribution in [0.2, 0.25) is 0 Å². The highest BCUT2D eigenvalue weighted by atomic mass is 79.9. The van der Waals surface area contributed by atoms with Crippen LogP contribution < -0.4 is 10.2 Å². The highest BCUT2D eigenvalue weighted by Gasteiger charge is 2.44. The quantitative estimate of drug-likeness (QED) is 0.441. The molecular formula is C21H23BrN2O5. The van der Waals surface area contributed by atoms with E-state index >= 15 is 0 Å². The summed E-state index contributed by atoms with van der Waals surface area (Å²) in [7, 11) is 1.39. The van der Waals surface area contributed by atoms with Crippen molar-refractivity contribution in [3.8, 4) is 5.75 Å². The summed E-state index contributed by atoms with van der Waals surface area (Å²) >= 11 is 3.42. The molecule has 0 radical (unpaired) electrons. The highest BCUT2D eigenvalue weighted by Crippen LogP contribution is 2.28. The smallest absolute Gasteiger partial charge is 0.275 e. The lowest BCUT2D eigenvalue weighted by Crippen LogP contribution is -2.48. The summed E-state index contributed by atoms with van der Waals surface area (Å²) in [4.78, 5) is 22.2. The fourth-order valence-corrected chi connectivity index (χ4v) is 3.22. The van der Waals surface area contributed by atoms with Crippen molar-refractivity contribution in [3.05, 3.63) is 64.1 Å². The van der Waals surface area contributed by atoms with E-state index < -0.39 is 5.54 Å². The molecule has 3 rings (SSSR count). The van der Waals surface area contributed by atoms with E-state index in [-0.39, 0.29) is 19.1 Å². The van der Waals surface area contributed by atoms with Crippen LogP contribution in [-0.2, 0) is 20.8 Å². The van der Waals surface area contributed by atoms with E-state index in [0.717, 1.165) is 15.6 Å². The van der Waals surface area contributed by atoms with Crippen molar-refractivity contribution in [3.63, 3.8) is 0 Å². The molecule has 1 atom stereocenters. The standard InChI is InChI=1S/C21H23BrN2O5/c1-27-24-20(26)21(13-15-3-7-17(22)8-4-15)14-29-19(23-21)16-5-9-18(10-6-16)28-12-2-11-25/h3-10,25H,2,11-14H2,1H3,(H,24,26)/t21-/m0/s1. The summed E-state index contributed by atoms with van der Waals surface area (Å²) in [5.41, 5.74) is 2.99. The van der Waals surface area contributed by atoms with Gasteiger partial charge in [0.05, 0.1) is 13.7 Å². The van der Waals surface area contributed by atoms with Crippen molar-refractivity contribution >= 4 is 27.7 Å². The molecule has 1 aliphatic heterocycles. The first kappa shape index (κ1) is 21.3. The second-order valence-electron chi connectivity index (χ2n) is 6.63. The van der Waals surface area contributed by atoms with E-state index in [2.05, 4.69) is 26.4 Å². The zero-order chi connectivity index (χ0) is 20.7. The number of aliphatic hydroxyl groups is 1. The molecule has 0 aromatic heterocycles. The lowest BCUT2D eigenvalue weighted by molar-refractivity contribution is -0.137. The number of hydrogen-bond acceptors (Lipinski definition) is 6. The summed E-state index contributed by atoms with van der Waals surface area (Å²) in [6, 6.07) is 15.0. The number of aliphatic imine (C=N–C) groups is 1. The lowest BCUT2D eigenvalue weighted by atomic mass is 9.92. The lowest BCUT2D eigenvalue weighted by Gasteiger charge is -2.22. The average Bonchev–Trinajstić information content (AvgIpc) is 3.16. The van der Waals surface area contributed by atoms with Gasteiger partial charge in [-0.3, -0.25) is 9.63 Å². The molecule has 29 heavy (non-hydrogen) atoms. The number of nitrogens with zero attached hydrogens (tertiary/aromatic N) is 1. The number of benzene rings is 2. The summed E-state index contributed by atoms with van der Waals surface area (Å²) in [6.45, 7) is 0.649. The SMILES string of the molecule is CONC(=O)[C@]1(Cc2ccc(Br)cc2)COC(c2ccc(OCCCO)cc2)=N1. The van der Waals surface area contributed by atoms with E-state index in [4.69, 9.17) is 19.4 Å². The molecule has 1 aliphatic rings. The molecule has 154 valence electrons. The topological polar surface area (TPSA) is 89.4 Å². The van der Waals surface area contributed by atoms with Gasteiger partial charge in [-0.1, -0.05) is 28.1 Å². The summed E-state index contributed by atoms with van der Waals surface area (Å²) in [5, 5.41) is 8.83. The molecular weight excluding hydrogens is 440 g/mol. The maximum Gasteiger partial charge on any atom is 0.275 e. The minimum atomic E-state index is -1.12. The molecule has 2 aromatic carbocycles. The van der Waals surface area contributed by atoms with Gasteiger partial charge in [-0.2, -0.15) is 0 Å². The molecule has 1 heterocycles. The number of nitrogens with one attached hydrogen (secondary N) is 1. The molecule has 2 N–H and O–H groups in total. The number of rotatable bonds is 9. The van der Waals surface area contributed by atoms with E-state index in [9.17, 15) is 4.79 Å². The van der Waals surface area contributed by atoms with Gasteiger partial charge in [0.25, 0.3) is 5.91 Å². The Kier molecular flexibility index (Phi) is 7.24. The van der Waals surface area contributed by atoms with Gasteiger partial charge in [-0.25, -0.2) is 10.5 Å². The normalized spacial score (nSPS) is 18.1. The average molecular weight is 463 g/mol. The Balaban J connectivity index is 1.81. The third-order valence-corrected chi connectivity index (χ3v) is 4.99. The van der Waals surface area contributed by atoms with E-state index in [0.29, 0.717) is 31.1 Å². The Bertz CT molecular complexity index is 854. The van der Waals surface area contributed by atoms with Crippen LogP contribution in [0.4, 0.5) is 0 Å². The van der Waals surface area contributed by atoms with Crippen molar-refractivity contribution in [2.45, 2.75) is 18.4 Å². The Morgan fingerprint density at radius 2 is 1.97 bits per heavy atom. The number of carbonyl (C=O) groups is 1. The summed E-state index contributed by atoms with van der Waals surface area (Å²) in [6.07, 6.45) is 0.950. The first-order chi connectivity index (χ1) is 14.1. The number of carbonyl (C=O) groups excluding carboxylic acids is 1. The van der Waals surface area contributed by atoms with Gasteiger partial charge < -0.3 is 14.6 Å². The van der Waals surface area contributed by atoms with E-state index in [1.54, 1.807) is 0 Å². The van der Waals surface area contributed by atoms with Crippen molar-refractivity contribution in [2.24, 2.45) is 4.99 Å². The van der Waals surface area contributed by atoms with Crippen LogP contribution in [0.1, 0.15) is 17.5 Å². The molecule has 0 unspecified atom stereocenters. The first-order valence-electron chi connectivity index (χ1n) is 9.21. The van der Waals surface area contributed by atoms with Gasteiger partial charge in [-0.15, -0.1) is 0 Å². The van der Waals surface area contributed by atoms with Gasteiger partial charge in [0.15, 0.2) is 5.54 Å². The van der Waals surface area contributed by atoms with Crippen molar-refractivity contribution in [2.75, 3.05) is 26.9 Å². The predicted molar refractivity (Wildman–Crippen MR) is 112 cm³/mol. The number of aliphatic hydroxyl groups excluding tert-OH is 1. The highest BCUT2D eigenvalue weighted by molar-refractivity contribution is 9.10. The van der Waals surface area contributed by atoms with Gasteiger partial charge >= 0.3 is 0 Å². The van der Waals surface area contributed by atoms with Crippen LogP contribution in [0.5, 0.6) is 5.75 Å². The summed E-state index contributed by atoms with van der Waals surface area (Å²) < 4.78 is 12.3. The Labute approximate surface area is 177 Å². The molecule has 0 fully saturated rings. The predicted octanol–water partition coefficient (Wildman–Crippen LogP) is 2.65. The van der Waals surface area contributed by atoms with Crippen LogP contribution in [0.3, 0.4) is 0 Å². The molecule has 0 saturated heterocycles. The van der Waals surface area contributed by atoms with Crippen molar-refractivity contribution in [1.82, 2.24) is 5.48 Å². The van der Waals surface area contributed by atoms with Crippen LogP contribution in [-0.4, -0.2) is 49.4 Å². The van der Waals surface area contributed by atoms with Crippen molar-refractivity contribution in [1.29, 1.82) is 0 Å². The zero-order valence-electron chi connectivity index (χ0n) is 16.1. The number of amides is 1. The van der Waals surface area contributed by atoms with Crippen LogP contribution in [0.15, 0.2) is 58.0 Å². The fraction of sp³-hybridized carbons (Fsp3) is 0.333. The minimum absolute atomic E-state index is 0.0900. The van der Waals surface area contributed by atoms with Gasteiger partial charge in [0.1, 0.15) is 12.4 Å². The van der Waals surface area contributed by atoms with Gasteiger partial charge in [0.2, 0.25) is 5.90 Å². The van der Waals surface area contributed by atoms with E-state index in [1.165, 1.54) is 7.11 Å². The van der Waals surface area contributed by atoms with Crippen LogP contribution in [0.25, 0.3) is 0 Å². The van der Waals surface area contributed by atoms with Gasteiger partial charge in [0, 0.05) is 29.5 Å². The molecule has 1 amide bonds. The maximum absolute atomic E-state index is 12.7. The second-order valence-corrected chi connectivity index (χ2v) is 7.54. The summed E-state index contributed by atoms with van der Waals surface area (Å²) in [5.74, 6) is 0.733. The monoisotopic (exact) mass is 462 g/mol. The van der Waals surface area contributed by atoms with Crippen LogP contribution >= 0.6 is 15.9 Å². The number of halogens is 1. The van der Waals surface area contributed by atoms with E-state index in [1.807, 2.05) is 48.5 Å². The molecule has 8 heteroatoms. The fourth-order valence-electron chi connectivity index (χ4n) is 2.96.